The Morgan fingerprint density at radius 3 is 2.45 bits per heavy atom. The lowest BCUT2D eigenvalue weighted by molar-refractivity contribution is -0.253. The Balaban J connectivity index is 0.00000242. The van der Waals surface area contributed by atoms with Gasteiger partial charge in [0.2, 0.25) is 0 Å². The molecule has 126 valence electrons. The van der Waals surface area contributed by atoms with Gasteiger partial charge in [-0.15, -0.1) is 12.4 Å². The minimum atomic E-state index is -4.48. The first-order chi connectivity index (χ1) is 9.90. The van der Waals surface area contributed by atoms with Crippen molar-refractivity contribution in [3.05, 3.63) is 29.8 Å². The molecule has 1 fully saturated rings. The second kappa shape index (κ2) is 7.99. The first kappa shape index (κ1) is 19.0. The molecule has 0 spiro atoms. The van der Waals surface area contributed by atoms with Gasteiger partial charge in [-0.05, 0) is 24.6 Å². The summed E-state index contributed by atoms with van der Waals surface area (Å²) in [7, 11) is 0. The van der Waals surface area contributed by atoms with Gasteiger partial charge >= 0.3 is 12.5 Å². The molecular weight excluding hydrogens is 324 g/mol. The van der Waals surface area contributed by atoms with Crippen molar-refractivity contribution in [2.24, 2.45) is 0 Å². The highest BCUT2D eigenvalue weighted by Gasteiger charge is 2.44. The van der Waals surface area contributed by atoms with Crippen LogP contribution in [0.1, 0.15) is 18.5 Å². The minimum Gasteiger partial charge on any atom is -0.428 e. The maximum atomic E-state index is 12.9. The zero-order valence-electron chi connectivity index (χ0n) is 12.1. The molecule has 0 amide bonds. The van der Waals surface area contributed by atoms with Gasteiger partial charge in [-0.3, -0.25) is 4.90 Å². The maximum absolute atomic E-state index is 12.9. The normalized spacial score (nSPS) is 17.9. The van der Waals surface area contributed by atoms with Crippen LogP contribution in [0.15, 0.2) is 24.3 Å². The third-order valence-corrected chi connectivity index (χ3v) is 3.55. The number of hydrogen-bond donors (Lipinski definition) is 1. The number of halogens is 5. The van der Waals surface area contributed by atoms with Crippen LogP contribution >= 0.6 is 12.4 Å². The van der Waals surface area contributed by atoms with E-state index in [1.165, 1.54) is 18.2 Å². The molecule has 3 nitrogen and oxygen atoms in total. The zero-order chi connectivity index (χ0) is 15.5. The number of nitrogens with zero attached hydrogens (tertiary/aromatic N) is 1. The molecule has 0 aromatic heterocycles. The Kier molecular flexibility index (Phi) is 6.90. The van der Waals surface area contributed by atoms with Gasteiger partial charge in [-0.1, -0.05) is 12.1 Å². The summed E-state index contributed by atoms with van der Waals surface area (Å²) in [6.07, 6.45) is -8.33. The molecule has 1 aliphatic heterocycles. The second-order valence-corrected chi connectivity index (χ2v) is 5.00. The lowest BCUT2D eigenvalue weighted by Crippen LogP contribution is -2.44. The van der Waals surface area contributed by atoms with E-state index in [-0.39, 0.29) is 24.2 Å². The van der Waals surface area contributed by atoms with E-state index in [1.54, 1.807) is 6.07 Å². The molecule has 1 atom stereocenters. The first-order valence-corrected chi connectivity index (χ1v) is 6.80. The van der Waals surface area contributed by atoms with E-state index in [0.29, 0.717) is 0 Å². The third-order valence-electron chi connectivity index (χ3n) is 3.55. The predicted octanol–water partition coefficient (Wildman–Crippen LogP) is 3.31. The van der Waals surface area contributed by atoms with E-state index in [0.717, 1.165) is 31.7 Å². The molecule has 1 aromatic rings. The van der Waals surface area contributed by atoms with Crippen molar-refractivity contribution in [3.8, 4) is 5.75 Å². The van der Waals surface area contributed by atoms with E-state index in [9.17, 15) is 17.6 Å². The van der Waals surface area contributed by atoms with Crippen LogP contribution in [0.5, 0.6) is 5.75 Å². The van der Waals surface area contributed by atoms with E-state index in [4.69, 9.17) is 0 Å². The van der Waals surface area contributed by atoms with E-state index in [2.05, 4.69) is 15.0 Å². The number of rotatable bonds is 5. The van der Waals surface area contributed by atoms with Crippen molar-refractivity contribution in [3.63, 3.8) is 0 Å². The fourth-order valence-electron chi connectivity index (χ4n) is 2.32. The first-order valence-electron chi connectivity index (χ1n) is 6.80. The van der Waals surface area contributed by atoms with Crippen LogP contribution in [0, 0.1) is 0 Å². The second-order valence-electron chi connectivity index (χ2n) is 5.00. The van der Waals surface area contributed by atoms with Crippen molar-refractivity contribution in [1.82, 2.24) is 10.2 Å². The summed E-state index contributed by atoms with van der Waals surface area (Å²) in [5.41, 5.74) is 0.763. The summed E-state index contributed by atoms with van der Waals surface area (Å²) in [6.45, 7) is 5.38. The van der Waals surface area contributed by atoms with Crippen LogP contribution in [0.4, 0.5) is 17.6 Å². The van der Waals surface area contributed by atoms with Gasteiger partial charge in [0.1, 0.15) is 5.75 Å². The standard InChI is InChI=1S/C14H18F4N2O.ClH/c1-10(20-7-5-19-6-8-20)11-3-2-4-12(9-11)21-14(17,18)13(15)16;/h2-4,9-10,13,19H,5-8H2,1H3;1H/t10-;/m0./s1. The van der Waals surface area contributed by atoms with Gasteiger partial charge in [0.05, 0.1) is 0 Å². The molecule has 1 aliphatic rings. The van der Waals surface area contributed by atoms with Crippen molar-refractivity contribution in [2.75, 3.05) is 26.2 Å². The lowest BCUT2D eigenvalue weighted by atomic mass is 10.1. The number of ether oxygens (including phenoxy) is 1. The molecule has 1 saturated heterocycles. The van der Waals surface area contributed by atoms with Gasteiger partial charge in [0.15, 0.2) is 0 Å². The van der Waals surface area contributed by atoms with Gasteiger partial charge in [-0.25, -0.2) is 0 Å². The van der Waals surface area contributed by atoms with Crippen molar-refractivity contribution in [1.29, 1.82) is 0 Å². The van der Waals surface area contributed by atoms with Crippen molar-refractivity contribution >= 4 is 12.4 Å². The maximum Gasteiger partial charge on any atom is 0.461 e. The molecule has 2 rings (SSSR count). The lowest BCUT2D eigenvalue weighted by Gasteiger charge is -2.33. The Morgan fingerprint density at radius 1 is 1.23 bits per heavy atom. The highest BCUT2D eigenvalue weighted by atomic mass is 35.5. The van der Waals surface area contributed by atoms with Crippen LogP contribution in [0.25, 0.3) is 0 Å². The minimum absolute atomic E-state index is 0. The van der Waals surface area contributed by atoms with E-state index >= 15 is 0 Å². The van der Waals surface area contributed by atoms with Crippen LogP contribution in [0.3, 0.4) is 0 Å². The smallest absolute Gasteiger partial charge is 0.428 e. The molecule has 1 heterocycles. The van der Waals surface area contributed by atoms with Gasteiger partial charge < -0.3 is 10.1 Å². The summed E-state index contributed by atoms with van der Waals surface area (Å²) in [4.78, 5) is 2.20. The molecule has 0 aliphatic carbocycles. The highest BCUT2D eigenvalue weighted by Crippen LogP contribution is 2.30. The molecule has 0 saturated carbocycles. The zero-order valence-corrected chi connectivity index (χ0v) is 12.9. The molecular formula is C14H19ClF4N2O. The van der Waals surface area contributed by atoms with Gasteiger partial charge in [-0.2, -0.15) is 17.6 Å². The monoisotopic (exact) mass is 342 g/mol. The predicted molar refractivity (Wildman–Crippen MR) is 78.1 cm³/mol. The summed E-state index contributed by atoms with van der Waals surface area (Å²) >= 11 is 0. The summed E-state index contributed by atoms with van der Waals surface area (Å²) in [5, 5.41) is 3.23. The molecule has 1 aromatic carbocycles. The molecule has 0 radical (unpaired) electrons. The molecule has 0 unspecified atom stereocenters. The van der Waals surface area contributed by atoms with E-state index < -0.39 is 12.5 Å². The molecule has 8 heteroatoms. The summed E-state index contributed by atoms with van der Waals surface area (Å²) in [6, 6.07) is 5.97. The molecule has 1 N–H and O–H groups in total. The molecule has 22 heavy (non-hydrogen) atoms. The highest BCUT2D eigenvalue weighted by molar-refractivity contribution is 5.85. The Labute approximate surface area is 133 Å². The quantitative estimate of drug-likeness (QED) is 0.831. The fourth-order valence-corrected chi connectivity index (χ4v) is 2.32. The largest absolute Gasteiger partial charge is 0.461 e. The average Bonchev–Trinajstić information content (AvgIpc) is 2.47. The number of nitrogens with one attached hydrogen (secondary N) is 1. The van der Waals surface area contributed by atoms with Crippen LogP contribution < -0.4 is 10.1 Å². The summed E-state index contributed by atoms with van der Waals surface area (Å²) in [5.74, 6) is -0.250. The average molecular weight is 343 g/mol. The fraction of sp³-hybridized carbons (Fsp3) is 0.571. The Hall–Kier alpha value is -1.05. The van der Waals surface area contributed by atoms with Crippen LogP contribution in [-0.2, 0) is 0 Å². The topological polar surface area (TPSA) is 24.5 Å². The third kappa shape index (κ3) is 4.72. The van der Waals surface area contributed by atoms with Crippen molar-refractivity contribution < 1.29 is 22.3 Å². The number of alkyl halides is 4. The van der Waals surface area contributed by atoms with E-state index in [1.807, 2.05) is 6.92 Å². The van der Waals surface area contributed by atoms with Gasteiger partial charge in [0.25, 0.3) is 0 Å². The number of hydrogen-bond acceptors (Lipinski definition) is 3. The molecule has 0 bridgehead atoms. The summed E-state index contributed by atoms with van der Waals surface area (Å²) < 4.78 is 54.3. The Morgan fingerprint density at radius 2 is 1.86 bits per heavy atom. The van der Waals surface area contributed by atoms with Crippen molar-refractivity contribution in [2.45, 2.75) is 25.5 Å². The Bertz CT molecular complexity index is 470. The number of benzene rings is 1. The van der Waals surface area contributed by atoms with Crippen LogP contribution in [-0.4, -0.2) is 43.6 Å². The number of piperazine rings is 1. The van der Waals surface area contributed by atoms with Gasteiger partial charge in [0, 0.05) is 32.2 Å². The SMILES string of the molecule is C[C@@H](c1cccc(OC(F)(F)C(F)F)c1)N1CCNCC1.Cl. The van der Waals surface area contributed by atoms with Crippen LogP contribution in [0.2, 0.25) is 0 Å².